The number of aryl methyl sites for hydroxylation is 1. The highest BCUT2D eigenvalue weighted by atomic mass is 16.5. The van der Waals surface area contributed by atoms with Gasteiger partial charge in [0, 0.05) is 0 Å². The highest BCUT2D eigenvalue weighted by molar-refractivity contribution is 5.50. The van der Waals surface area contributed by atoms with Crippen LogP contribution in [0.1, 0.15) is 61.6 Å². The minimum absolute atomic E-state index is 0.237. The summed E-state index contributed by atoms with van der Waals surface area (Å²) in [4.78, 5) is 10.8. The average molecular weight is 405 g/mol. The number of fused-ring (bicyclic) bond motifs is 5. The Bertz CT molecular complexity index is 892. The van der Waals surface area contributed by atoms with Crippen molar-refractivity contribution in [1.82, 2.24) is 0 Å². The van der Waals surface area contributed by atoms with Gasteiger partial charge in [-0.15, -0.1) is 0 Å². The first-order chi connectivity index (χ1) is 14.7. The molecule has 3 aliphatic carbocycles. The largest absolute Gasteiger partial charge is 0.489 e. The van der Waals surface area contributed by atoms with Crippen LogP contribution in [-0.2, 0) is 22.6 Å². The van der Waals surface area contributed by atoms with Gasteiger partial charge in [-0.3, -0.25) is 0 Å². The van der Waals surface area contributed by atoms with E-state index in [4.69, 9.17) is 9.47 Å². The van der Waals surface area contributed by atoms with Crippen molar-refractivity contribution < 1.29 is 14.3 Å². The van der Waals surface area contributed by atoms with E-state index in [1.165, 1.54) is 36.8 Å². The monoisotopic (exact) mass is 404 g/mol. The van der Waals surface area contributed by atoms with E-state index < -0.39 is 0 Å². The summed E-state index contributed by atoms with van der Waals surface area (Å²) in [5, 5.41) is 0. The van der Waals surface area contributed by atoms with E-state index >= 15 is 0 Å². The molecule has 0 heterocycles. The van der Waals surface area contributed by atoms with Crippen molar-refractivity contribution in [2.45, 2.75) is 64.1 Å². The van der Waals surface area contributed by atoms with E-state index in [1.54, 1.807) is 5.56 Å². The molecule has 0 radical (unpaired) electrons. The molecule has 2 fully saturated rings. The zero-order chi connectivity index (χ0) is 20.6. The van der Waals surface area contributed by atoms with Crippen LogP contribution in [0.2, 0.25) is 0 Å². The molecule has 3 unspecified atom stereocenters. The Morgan fingerprint density at radius 2 is 1.93 bits per heavy atom. The molecule has 0 aromatic heterocycles. The Kier molecular flexibility index (Phi) is 5.41. The summed E-state index contributed by atoms with van der Waals surface area (Å²) in [6.07, 6.45) is 8.35. The number of hydrogen-bond acceptors (Lipinski definition) is 3. The number of aldehydes is 1. The number of benzene rings is 2. The summed E-state index contributed by atoms with van der Waals surface area (Å²) in [5.41, 5.74) is 4.48. The molecule has 0 amide bonds. The molecule has 2 saturated carbocycles. The van der Waals surface area contributed by atoms with Crippen molar-refractivity contribution in [3.63, 3.8) is 0 Å². The molecule has 0 bridgehead atoms. The second-order valence-corrected chi connectivity index (χ2v) is 9.66. The summed E-state index contributed by atoms with van der Waals surface area (Å²) >= 11 is 0. The molecule has 158 valence electrons. The Morgan fingerprint density at radius 1 is 1.07 bits per heavy atom. The molecule has 3 heteroatoms. The van der Waals surface area contributed by atoms with Gasteiger partial charge < -0.3 is 14.3 Å². The van der Waals surface area contributed by atoms with Crippen molar-refractivity contribution in [1.29, 1.82) is 0 Å². The molecule has 3 aliphatic rings. The molecule has 0 saturated heterocycles. The Labute approximate surface area is 179 Å². The first kappa shape index (κ1) is 19.8. The molecule has 0 aliphatic heterocycles. The maximum atomic E-state index is 10.8. The summed E-state index contributed by atoms with van der Waals surface area (Å²) in [7, 11) is 0. The van der Waals surface area contributed by atoms with Gasteiger partial charge in [0.2, 0.25) is 0 Å². The number of carbonyl (C=O) groups excluding carboxylic acids is 1. The van der Waals surface area contributed by atoms with Crippen LogP contribution in [0, 0.1) is 17.3 Å². The highest BCUT2D eigenvalue weighted by Gasteiger charge is 2.55. The fraction of sp³-hybridized carbons (Fsp3) is 0.519. The van der Waals surface area contributed by atoms with Gasteiger partial charge in [-0.05, 0) is 90.5 Å². The molecule has 3 nitrogen and oxygen atoms in total. The topological polar surface area (TPSA) is 35.5 Å². The second kappa shape index (κ2) is 8.19. The van der Waals surface area contributed by atoms with Gasteiger partial charge in [0.05, 0.1) is 6.10 Å². The quantitative estimate of drug-likeness (QED) is 0.579. The van der Waals surface area contributed by atoms with E-state index in [9.17, 15) is 4.79 Å². The van der Waals surface area contributed by atoms with Crippen LogP contribution >= 0.6 is 0 Å². The Hall–Kier alpha value is -2.13. The van der Waals surface area contributed by atoms with Crippen LogP contribution in [0.5, 0.6) is 5.75 Å². The molecule has 30 heavy (non-hydrogen) atoms. The highest BCUT2D eigenvalue weighted by Crippen LogP contribution is 2.61. The summed E-state index contributed by atoms with van der Waals surface area (Å²) in [6, 6.07) is 17.2. The van der Waals surface area contributed by atoms with Gasteiger partial charge in [0.15, 0.2) is 0 Å². The molecule has 0 spiro atoms. The molecule has 2 aromatic rings. The molecule has 2 aromatic carbocycles. The Morgan fingerprint density at radius 3 is 2.77 bits per heavy atom. The summed E-state index contributed by atoms with van der Waals surface area (Å²) < 4.78 is 12.1. The maximum Gasteiger partial charge on any atom is 0.145 e. The molecule has 0 N–H and O–H groups in total. The molecular formula is C27H32O3. The van der Waals surface area contributed by atoms with Crippen LogP contribution in [0.4, 0.5) is 0 Å². The number of rotatable bonds is 6. The van der Waals surface area contributed by atoms with Crippen LogP contribution in [0.25, 0.3) is 0 Å². The second-order valence-electron chi connectivity index (χ2n) is 9.66. The first-order valence-corrected chi connectivity index (χ1v) is 11.5. The van der Waals surface area contributed by atoms with Crippen molar-refractivity contribution >= 4 is 6.29 Å². The van der Waals surface area contributed by atoms with E-state index in [-0.39, 0.29) is 18.1 Å². The average Bonchev–Trinajstić information content (AvgIpc) is 3.12. The normalized spacial score (nSPS) is 32.0. The molecule has 5 rings (SSSR count). The lowest BCUT2D eigenvalue weighted by Gasteiger charge is -2.50. The van der Waals surface area contributed by atoms with Gasteiger partial charge in [-0.1, -0.05) is 43.3 Å². The van der Waals surface area contributed by atoms with Gasteiger partial charge in [-0.2, -0.15) is 0 Å². The van der Waals surface area contributed by atoms with Crippen molar-refractivity contribution in [2.24, 2.45) is 17.3 Å². The van der Waals surface area contributed by atoms with Crippen LogP contribution in [-0.4, -0.2) is 19.0 Å². The van der Waals surface area contributed by atoms with Gasteiger partial charge in [-0.25, -0.2) is 0 Å². The SMILES string of the molecule is C[C@]12CCC3c4ccc(OCc5ccccc5)cc4CCC3C1CC[C@@H]2OCC=O. The van der Waals surface area contributed by atoms with E-state index in [0.29, 0.717) is 12.5 Å². The zero-order valence-electron chi connectivity index (χ0n) is 17.9. The molecular weight excluding hydrogens is 372 g/mol. The lowest BCUT2D eigenvalue weighted by Crippen LogP contribution is -2.44. The minimum atomic E-state index is 0.237. The maximum absolute atomic E-state index is 10.8. The van der Waals surface area contributed by atoms with Crippen LogP contribution < -0.4 is 4.74 Å². The number of ether oxygens (including phenoxy) is 2. The number of hydrogen-bond donors (Lipinski definition) is 0. The third kappa shape index (κ3) is 3.47. The van der Waals surface area contributed by atoms with Crippen molar-refractivity contribution in [3.8, 4) is 5.75 Å². The zero-order valence-corrected chi connectivity index (χ0v) is 17.9. The van der Waals surface area contributed by atoms with E-state index in [0.717, 1.165) is 36.7 Å². The predicted octanol–water partition coefficient (Wildman–Crippen LogP) is 5.71. The molecule has 5 atom stereocenters. The first-order valence-electron chi connectivity index (χ1n) is 11.5. The summed E-state index contributed by atoms with van der Waals surface area (Å²) in [5.74, 6) is 3.12. The van der Waals surface area contributed by atoms with Gasteiger partial charge in [0.1, 0.15) is 25.2 Å². The third-order valence-electron chi connectivity index (χ3n) is 8.22. The number of carbonyl (C=O) groups is 1. The Balaban J connectivity index is 1.31. The van der Waals surface area contributed by atoms with Crippen LogP contribution in [0.3, 0.4) is 0 Å². The minimum Gasteiger partial charge on any atom is -0.489 e. The van der Waals surface area contributed by atoms with Crippen molar-refractivity contribution in [2.75, 3.05) is 6.61 Å². The van der Waals surface area contributed by atoms with Gasteiger partial charge in [0.25, 0.3) is 0 Å². The lowest BCUT2D eigenvalue weighted by molar-refractivity contribution is -0.118. The summed E-state index contributed by atoms with van der Waals surface area (Å²) in [6.45, 7) is 3.29. The predicted molar refractivity (Wildman–Crippen MR) is 118 cm³/mol. The smallest absolute Gasteiger partial charge is 0.145 e. The fourth-order valence-electron chi connectivity index (χ4n) is 6.77. The lowest BCUT2D eigenvalue weighted by atomic mass is 9.55. The third-order valence-corrected chi connectivity index (χ3v) is 8.22. The fourth-order valence-corrected chi connectivity index (χ4v) is 6.77. The van der Waals surface area contributed by atoms with Crippen molar-refractivity contribution in [3.05, 3.63) is 65.2 Å². The van der Waals surface area contributed by atoms with E-state index in [2.05, 4.69) is 49.4 Å². The van der Waals surface area contributed by atoms with Crippen LogP contribution in [0.15, 0.2) is 48.5 Å². The van der Waals surface area contributed by atoms with E-state index in [1.807, 2.05) is 6.07 Å². The van der Waals surface area contributed by atoms with Gasteiger partial charge >= 0.3 is 0 Å². The standard InChI is InChI=1S/C27H32O3/c1-27-14-13-23-22-10-8-21(30-18-19-5-3-2-4-6-19)17-20(22)7-9-24(23)25(27)11-12-26(27)29-16-15-28/h2-6,8,10,15,17,23-26H,7,9,11-14,16,18H2,1H3/t23?,24?,25?,26-,27-/m0/s1.